The topological polar surface area (TPSA) is 107 Å². The number of rotatable bonds is 8. The summed E-state index contributed by atoms with van der Waals surface area (Å²) in [5, 5.41) is 8.01. The number of hydrogen-bond acceptors (Lipinski definition) is 11. The minimum atomic E-state index is -0.469. The quantitative estimate of drug-likeness (QED) is 0.247. The Balaban J connectivity index is 1.19. The van der Waals surface area contributed by atoms with E-state index >= 15 is 0 Å². The molecule has 0 amide bonds. The first-order valence-corrected chi connectivity index (χ1v) is 18.0. The second-order valence-corrected chi connectivity index (χ2v) is 14.8. The third kappa shape index (κ3) is 6.59. The number of piperidine rings is 1. The average Bonchev–Trinajstić information content (AvgIpc) is 3.03. The fraction of sp³-hybridized carbons (Fsp3) is 0.452. The highest BCUT2D eigenvalue weighted by molar-refractivity contribution is 9.10. The molecule has 6 rings (SSSR count). The number of nitrogens with zero attached hydrogens (tertiary/aromatic N) is 8. The summed E-state index contributed by atoms with van der Waals surface area (Å²) in [6.45, 7) is 13.2. The number of aryl methyl sites for hydroxylation is 1. The zero-order valence-electron chi connectivity index (χ0n) is 26.0. The van der Waals surface area contributed by atoms with Crippen LogP contribution in [0.4, 0.5) is 29.0 Å². The molecule has 0 atom stereocenters. The van der Waals surface area contributed by atoms with Crippen molar-refractivity contribution in [2.45, 2.75) is 25.8 Å². The predicted octanol–water partition coefficient (Wildman–Crippen LogP) is 4.96. The van der Waals surface area contributed by atoms with Crippen molar-refractivity contribution in [3.8, 4) is 5.88 Å². The molecule has 232 valence electrons. The van der Waals surface area contributed by atoms with E-state index in [0.717, 1.165) is 82.6 Å². The Hall–Kier alpha value is -3.18. The van der Waals surface area contributed by atoms with E-state index in [1.54, 1.807) is 25.7 Å². The number of hydrogen-bond donors (Lipinski definition) is 2. The molecule has 0 spiro atoms. The Morgan fingerprint density at radius 1 is 0.932 bits per heavy atom. The summed E-state index contributed by atoms with van der Waals surface area (Å²) in [7, 11) is 3.40. The predicted molar refractivity (Wildman–Crippen MR) is 184 cm³/mol. The number of fused-ring (bicyclic) bond motifs is 1. The number of methoxy groups -OCH3 is 1. The van der Waals surface area contributed by atoms with Gasteiger partial charge in [-0.15, -0.1) is 0 Å². The molecule has 3 aromatic heterocycles. The van der Waals surface area contributed by atoms with Crippen LogP contribution >= 0.6 is 23.9 Å². The lowest BCUT2D eigenvalue weighted by atomic mass is 10.0. The van der Waals surface area contributed by atoms with Crippen LogP contribution in [0.25, 0.3) is 11.0 Å². The maximum atomic E-state index is 5.76. The average molecular weight is 680 g/mol. The standard InChI is InChI=1S/C31H40BrN10OP/c1-20-18-25(30(43-3)39-29(20)42-12-8-21(9-13-42)41-16-14-40(2)15-17-41)37-31-35-19-22(32)28(38-31)36-24-7-6-23-26(27(24)44(4)5)34-11-10-33-23/h6-7,10-11,18-19,21H,8-9,12-17H2,1-5H3,(H2,35,36,37,38). The van der Waals surface area contributed by atoms with Gasteiger partial charge in [0, 0.05) is 74.9 Å². The van der Waals surface area contributed by atoms with Crippen LogP contribution in [0.2, 0.25) is 0 Å². The number of aromatic nitrogens is 5. The van der Waals surface area contributed by atoms with Crippen molar-refractivity contribution in [1.29, 1.82) is 0 Å². The van der Waals surface area contributed by atoms with E-state index in [1.807, 2.05) is 12.1 Å². The van der Waals surface area contributed by atoms with Gasteiger partial charge in [-0.3, -0.25) is 14.9 Å². The van der Waals surface area contributed by atoms with Crippen LogP contribution in [0.15, 0.2) is 41.3 Å². The number of pyridine rings is 1. The molecule has 13 heteroatoms. The summed E-state index contributed by atoms with van der Waals surface area (Å²) in [4.78, 5) is 30.9. The SMILES string of the molecule is COc1nc(N2CCC(N3CCN(C)CC3)CC2)c(C)cc1Nc1ncc(Br)c(Nc2ccc3nccnc3c2P(C)C)n1. The number of benzene rings is 1. The first-order chi connectivity index (χ1) is 21.3. The number of piperazine rings is 1. The van der Waals surface area contributed by atoms with Crippen molar-refractivity contribution in [3.05, 3.63) is 46.8 Å². The van der Waals surface area contributed by atoms with Gasteiger partial charge >= 0.3 is 0 Å². The second-order valence-electron chi connectivity index (χ2n) is 11.7. The maximum absolute atomic E-state index is 5.76. The highest BCUT2D eigenvalue weighted by Gasteiger charge is 2.28. The summed E-state index contributed by atoms with van der Waals surface area (Å²) < 4.78 is 6.51. The van der Waals surface area contributed by atoms with Gasteiger partial charge in [-0.05, 0) is 79.8 Å². The van der Waals surface area contributed by atoms with Gasteiger partial charge < -0.3 is 25.2 Å². The fourth-order valence-corrected chi connectivity index (χ4v) is 7.62. The number of nitrogens with one attached hydrogen (secondary N) is 2. The Labute approximate surface area is 268 Å². The van der Waals surface area contributed by atoms with E-state index in [0.29, 0.717) is 23.7 Å². The molecule has 1 aromatic carbocycles. The fourth-order valence-electron chi connectivity index (χ4n) is 6.12. The molecule has 2 aliphatic heterocycles. The lowest BCUT2D eigenvalue weighted by Crippen LogP contribution is -2.52. The maximum Gasteiger partial charge on any atom is 0.239 e. The highest BCUT2D eigenvalue weighted by atomic mass is 79.9. The monoisotopic (exact) mass is 678 g/mol. The van der Waals surface area contributed by atoms with Crippen molar-refractivity contribution in [2.75, 3.05) is 82.3 Å². The molecule has 5 heterocycles. The Morgan fingerprint density at radius 2 is 1.68 bits per heavy atom. The zero-order chi connectivity index (χ0) is 30.8. The molecule has 2 aliphatic rings. The van der Waals surface area contributed by atoms with Crippen LogP contribution in [-0.4, -0.2) is 108 Å². The summed E-state index contributed by atoms with van der Waals surface area (Å²) in [5.41, 5.74) is 4.55. The molecule has 2 N–H and O–H groups in total. The van der Waals surface area contributed by atoms with E-state index in [1.165, 1.54) is 13.1 Å². The molecular weight excluding hydrogens is 639 g/mol. The number of anilines is 5. The van der Waals surface area contributed by atoms with Crippen molar-refractivity contribution in [3.63, 3.8) is 0 Å². The Kier molecular flexibility index (Phi) is 9.42. The number of halogens is 1. The summed E-state index contributed by atoms with van der Waals surface area (Å²) in [6.07, 6.45) is 7.51. The summed E-state index contributed by atoms with van der Waals surface area (Å²) in [6, 6.07) is 6.75. The van der Waals surface area contributed by atoms with Crippen molar-refractivity contribution >= 4 is 69.1 Å². The van der Waals surface area contributed by atoms with Crippen molar-refractivity contribution in [2.24, 2.45) is 0 Å². The second kappa shape index (κ2) is 13.4. The molecule has 0 radical (unpaired) electrons. The van der Waals surface area contributed by atoms with E-state index < -0.39 is 7.92 Å². The van der Waals surface area contributed by atoms with E-state index in [-0.39, 0.29) is 0 Å². The van der Waals surface area contributed by atoms with Gasteiger partial charge in [0.25, 0.3) is 0 Å². The van der Waals surface area contributed by atoms with Gasteiger partial charge in [0.15, 0.2) is 0 Å². The lowest BCUT2D eigenvalue weighted by molar-refractivity contribution is 0.0981. The largest absolute Gasteiger partial charge is 0.479 e. The van der Waals surface area contributed by atoms with Gasteiger partial charge in [-0.25, -0.2) is 4.98 Å². The molecule has 0 unspecified atom stereocenters. The molecule has 0 saturated carbocycles. The van der Waals surface area contributed by atoms with Gasteiger partial charge in [-0.1, -0.05) is 7.92 Å². The zero-order valence-corrected chi connectivity index (χ0v) is 28.5. The van der Waals surface area contributed by atoms with E-state index in [9.17, 15) is 0 Å². The van der Waals surface area contributed by atoms with Crippen LogP contribution < -0.4 is 25.6 Å². The Morgan fingerprint density at radius 3 is 2.41 bits per heavy atom. The first-order valence-electron chi connectivity index (χ1n) is 15.0. The molecule has 11 nitrogen and oxygen atoms in total. The molecular formula is C31H40BrN10OP. The highest BCUT2D eigenvalue weighted by Crippen LogP contribution is 2.36. The third-order valence-electron chi connectivity index (χ3n) is 8.47. The lowest BCUT2D eigenvalue weighted by Gasteiger charge is -2.42. The summed E-state index contributed by atoms with van der Waals surface area (Å²) >= 11 is 3.62. The normalized spacial score (nSPS) is 16.9. The van der Waals surface area contributed by atoms with Gasteiger partial charge in [0.2, 0.25) is 11.8 Å². The minimum Gasteiger partial charge on any atom is -0.479 e. The third-order valence-corrected chi connectivity index (χ3v) is 10.4. The van der Waals surface area contributed by atoms with Gasteiger partial charge in [0.1, 0.15) is 17.3 Å². The Bertz CT molecular complexity index is 1620. The summed E-state index contributed by atoms with van der Waals surface area (Å²) in [5.74, 6) is 2.58. The van der Waals surface area contributed by atoms with Gasteiger partial charge in [0.05, 0.1) is 22.6 Å². The van der Waals surface area contributed by atoms with Crippen molar-refractivity contribution in [1.82, 2.24) is 34.7 Å². The first kappa shape index (κ1) is 30.8. The number of ether oxygens (including phenoxy) is 1. The minimum absolute atomic E-state index is 0.438. The molecule has 2 saturated heterocycles. The van der Waals surface area contributed by atoms with Crippen LogP contribution in [-0.2, 0) is 0 Å². The molecule has 0 aliphatic carbocycles. The van der Waals surface area contributed by atoms with E-state index in [2.05, 4.69) is 89.6 Å². The number of likely N-dealkylation sites (N-methyl/N-ethyl adjacent to an activating group) is 1. The van der Waals surface area contributed by atoms with E-state index in [4.69, 9.17) is 14.7 Å². The molecule has 2 fully saturated rings. The van der Waals surface area contributed by atoms with Gasteiger partial charge in [-0.2, -0.15) is 9.97 Å². The van der Waals surface area contributed by atoms with Crippen LogP contribution in [0.3, 0.4) is 0 Å². The van der Waals surface area contributed by atoms with Crippen molar-refractivity contribution < 1.29 is 4.74 Å². The molecule has 0 bridgehead atoms. The van der Waals surface area contributed by atoms with Crippen LogP contribution in [0, 0.1) is 6.92 Å². The van der Waals surface area contributed by atoms with Crippen LogP contribution in [0.5, 0.6) is 5.88 Å². The molecule has 4 aromatic rings. The molecule has 44 heavy (non-hydrogen) atoms. The smallest absolute Gasteiger partial charge is 0.239 e. The van der Waals surface area contributed by atoms with Crippen LogP contribution in [0.1, 0.15) is 18.4 Å².